The predicted molar refractivity (Wildman–Crippen MR) is 195 cm³/mol. The molecule has 4 nitrogen and oxygen atoms in total. The van der Waals surface area contributed by atoms with E-state index < -0.39 is 0 Å². The molecule has 0 fully saturated rings. The Kier molecular flexibility index (Phi) is 6.22. The van der Waals surface area contributed by atoms with Crippen molar-refractivity contribution in [1.29, 1.82) is 10.5 Å². The largest absolute Gasteiger partial charge is 0.309 e. The highest BCUT2D eigenvalue weighted by Gasteiger charge is 2.19. The summed E-state index contributed by atoms with van der Waals surface area (Å²) in [5.74, 6) is 0. The molecule has 9 aromatic rings. The van der Waals surface area contributed by atoms with Crippen LogP contribution in [-0.4, -0.2) is 9.13 Å². The lowest BCUT2D eigenvalue weighted by molar-refractivity contribution is 1.17. The van der Waals surface area contributed by atoms with Crippen LogP contribution in [0.4, 0.5) is 0 Å². The summed E-state index contributed by atoms with van der Waals surface area (Å²) in [4.78, 5) is 0. The molecule has 0 spiro atoms. The van der Waals surface area contributed by atoms with Crippen molar-refractivity contribution in [2.75, 3.05) is 0 Å². The molecular formula is C44H26N4. The zero-order chi connectivity index (χ0) is 32.2. The van der Waals surface area contributed by atoms with Crippen LogP contribution in [0.2, 0.25) is 0 Å². The molecule has 0 saturated heterocycles. The Bertz CT molecular complexity index is 2760. The predicted octanol–water partition coefficient (Wildman–Crippen LogP) is 11.0. The Morgan fingerprint density at radius 2 is 0.896 bits per heavy atom. The molecule has 7 aromatic carbocycles. The molecule has 0 saturated carbocycles. The maximum atomic E-state index is 10.5. The molecule has 0 aliphatic heterocycles. The topological polar surface area (TPSA) is 57.4 Å². The summed E-state index contributed by atoms with van der Waals surface area (Å²) < 4.78 is 4.47. The normalized spacial score (nSPS) is 11.3. The highest BCUT2D eigenvalue weighted by Crippen LogP contribution is 2.41. The molecule has 0 aliphatic rings. The van der Waals surface area contributed by atoms with Gasteiger partial charge in [-0.25, -0.2) is 0 Å². The van der Waals surface area contributed by atoms with Crippen molar-refractivity contribution in [2.45, 2.75) is 0 Å². The summed E-state index contributed by atoms with van der Waals surface area (Å²) in [7, 11) is 0. The van der Waals surface area contributed by atoms with Gasteiger partial charge in [-0.1, -0.05) is 109 Å². The molecular weight excluding hydrogens is 585 g/mol. The highest BCUT2D eigenvalue weighted by atomic mass is 15.0. The van der Waals surface area contributed by atoms with Crippen LogP contribution in [0.5, 0.6) is 0 Å². The fourth-order valence-electron chi connectivity index (χ4n) is 7.34. The van der Waals surface area contributed by atoms with Gasteiger partial charge in [-0.2, -0.15) is 10.5 Å². The average molecular weight is 611 g/mol. The number of aromatic nitrogens is 2. The van der Waals surface area contributed by atoms with E-state index in [1.54, 1.807) is 0 Å². The molecule has 0 N–H and O–H groups in total. The Balaban J connectivity index is 1.25. The van der Waals surface area contributed by atoms with Crippen molar-refractivity contribution in [2.24, 2.45) is 0 Å². The van der Waals surface area contributed by atoms with Crippen molar-refractivity contribution >= 4 is 43.6 Å². The Morgan fingerprint density at radius 1 is 0.375 bits per heavy atom. The summed E-state index contributed by atoms with van der Waals surface area (Å²) in [5.41, 5.74) is 11.4. The zero-order valence-corrected chi connectivity index (χ0v) is 25.8. The van der Waals surface area contributed by atoms with E-state index in [-0.39, 0.29) is 0 Å². The van der Waals surface area contributed by atoms with E-state index in [4.69, 9.17) is 0 Å². The van der Waals surface area contributed by atoms with E-state index in [0.29, 0.717) is 11.1 Å². The van der Waals surface area contributed by atoms with Gasteiger partial charge in [0, 0.05) is 27.1 Å². The fourth-order valence-corrected chi connectivity index (χ4v) is 7.34. The van der Waals surface area contributed by atoms with Crippen LogP contribution in [0.25, 0.3) is 77.2 Å². The van der Waals surface area contributed by atoms with Crippen LogP contribution in [0.15, 0.2) is 158 Å². The quantitative estimate of drug-likeness (QED) is 0.199. The van der Waals surface area contributed by atoms with Crippen LogP contribution in [0.1, 0.15) is 11.1 Å². The molecule has 2 aromatic heterocycles. The fraction of sp³-hybridized carbons (Fsp3) is 0. The van der Waals surface area contributed by atoms with Gasteiger partial charge in [0.1, 0.15) is 6.07 Å². The third-order valence-electron chi connectivity index (χ3n) is 9.41. The van der Waals surface area contributed by atoms with Crippen LogP contribution in [-0.2, 0) is 0 Å². The molecule has 0 radical (unpaired) electrons. The van der Waals surface area contributed by atoms with Gasteiger partial charge in [0.05, 0.1) is 50.6 Å². The first-order valence-electron chi connectivity index (χ1n) is 15.9. The maximum absolute atomic E-state index is 10.5. The van der Waals surface area contributed by atoms with Gasteiger partial charge >= 0.3 is 0 Å². The SMILES string of the molecule is N#Cc1ccc2c3ccccc3n(-c3ccccc3-c3ccccc3-c3ccc(-n4c5ccccc5c5ccccc54)c(C#N)c3)c2c1. The van der Waals surface area contributed by atoms with Crippen molar-refractivity contribution in [1.82, 2.24) is 9.13 Å². The first kappa shape index (κ1) is 27.4. The number of nitriles is 2. The molecule has 0 amide bonds. The zero-order valence-electron chi connectivity index (χ0n) is 25.8. The van der Waals surface area contributed by atoms with Crippen molar-refractivity contribution < 1.29 is 0 Å². The first-order chi connectivity index (χ1) is 23.7. The Hall–Kier alpha value is -6.88. The third kappa shape index (κ3) is 4.07. The van der Waals surface area contributed by atoms with E-state index in [0.717, 1.165) is 77.2 Å². The Morgan fingerprint density at radius 3 is 1.52 bits per heavy atom. The smallest absolute Gasteiger partial charge is 0.101 e. The molecule has 0 bridgehead atoms. The molecule has 4 heteroatoms. The summed E-state index contributed by atoms with van der Waals surface area (Å²) in [6.07, 6.45) is 0. The van der Waals surface area contributed by atoms with Crippen molar-refractivity contribution in [3.8, 4) is 45.8 Å². The van der Waals surface area contributed by atoms with Crippen LogP contribution in [0.3, 0.4) is 0 Å². The van der Waals surface area contributed by atoms with Crippen LogP contribution < -0.4 is 0 Å². The maximum Gasteiger partial charge on any atom is 0.101 e. The second kappa shape index (κ2) is 10.9. The molecule has 2 heterocycles. The summed E-state index contributed by atoms with van der Waals surface area (Å²) in [6.45, 7) is 0. The first-order valence-corrected chi connectivity index (χ1v) is 15.9. The van der Waals surface area contributed by atoms with Gasteiger partial charge in [0.15, 0.2) is 0 Å². The summed E-state index contributed by atoms with van der Waals surface area (Å²) in [5, 5.41) is 24.9. The lowest BCUT2D eigenvalue weighted by Crippen LogP contribution is -1.99. The number of hydrogen-bond acceptors (Lipinski definition) is 2. The lowest BCUT2D eigenvalue weighted by Gasteiger charge is -2.18. The lowest BCUT2D eigenvalue weighted by atomic mass is 9.92. The molecule has 0 atom stereocenters. The van der Waals surface area contributed by atoms with Crippen LogP contribution in [0, 0.1) is 22.7 Å². The summed E-state index contributed by atoms with van der Waals surface area (Å²) >= 11 is 0. The Labute approximate surface area is 277 Å². The highest BCUT2D eigenvalue weighted by molar-refractivity contribution is 6.11. The molecule has 222 valence electrons. The van der Waals surface area contributed by atoms with Gasteiger partial charge in [-0.15, -0.1) is 0 Å². The molecule has 0 unspecified atom stereocenters. The van der Waals surface area contributed by atoms with Gasteiger partial charge in [0.25, 0.3) is 0 Å². The number of rotatable bonds is 4. The minimum absolute atomic E-state index is 0.605. The van der Waals surface area contributed by atoms with Gasteiger partial charge < -0.3 is 9.13 Å². The summed E-state index contributed by atoms with van der Waals surface area (Å²) in [6, 6.07) is 58.9. The molecule has 48 heavy (non-hydrogen) atoms. The number of para-hydroxylation sites is 4. The van der Waals surface area contributed by atoms with Gasteiger partial charge in [0.2, 0.25) is 0 Å². The van der Waals surface area contributed by atoms with Crippen LogP contribution >= 0.6 is 0 Å². The van der Waals surface area contributed by atoms with E-state index in [2.05, 4.69) is 137 Å². The van der Waals surface area contributed by atoms with E-state index in [1.165, 1.54) is 0 Å². The standard InChI is InChI=1S/C44H26N4/c45-27-29-21-23-38-37-16-6-10-20-43(37)48(44(38)25-29)40-17-7-3-13-34(40)33-12-2-1-11-32(33)30-22-24-39(31(26-30)28-46)47-41-18-8-4-14-35(41)36-15-5-9-19-42(36)47/h1-26H. The van der Waals surface area contributed by atoms with E-state index >= 15 is 0 Å². The number of nitrogens with zero attached hydrogens (tertiary/aromatic N) is 4. The minimum atomic E-state index is 0.605. The third-order valence-corrected chi connectivity index (χ3v) is 9.41. The minimum Gasteiger partial charge on any atom is -0.309 e. The second-order valence-electron chi connectivity index (χ2n) is 12.0. The van der Waals surface area contributed by atoms with Gasteiger partial charge in [-0.05, 0) is 65.2 Å². The average Bonchev–Trinajstić information content (AvgIpc) is 3.67. The van der Waals surface area contributed by atoms with Crippen molar-refractivity contribution in [3.05, 3.63) is 169 Å². The monoisotopic (exact) mass is 610 g/mol. The van der Waals surface area contributed by atoms with E-state index in [9.17, 15) is 10.5 Å². The second-order valence-corrected chi connectivity index (χ2v) is 12.0. The van der Waals surface area contributed by atoms with Crippen molar-refractivity contribution in [3.63, 3.8) is 0 Å². The number of fused-ring (bicyclic) bond motifs is 6. The number of benzene rings is 7. The van der Waals surface area contributed by atoms with E-state index in [1.807, 2.05) is 42.5 Å². The molecule has 0 aliphatic carbocycles. The van der Waals surface area contributed by atoms with Gasteiger partial charge in [-0.3, -0.25) is 0 Å². The number of hydrogen-bond donors (Lipinski definition) is 0. The molecule has 9 rings (SSSR count).